The summed E-state index contributed by atoms with van der Waals surface area (Å²) in [5.41, 5.74) is 3.10. The first-order chi connectivity index (χ1) is 13.8. The van der Waals surface area contributed by atoms with E-state index in [0.29, 0.717) is 35.6 Å². The lowest BCUT2D eigenvalue weighted by Crippen LogP contribution is -2.30. The van der Waals surface area contributed by atoms with E-state index in [1.54, 1.807) is 13.8 Å². The van der Waals surface area contributed by atoms with Crippen molar-refractivity contribution in [3.05, 3.63) is 76.9 Å². The predicted molar refractivity (Wildman–Crippen MR) is 108 cm³/mol. The predicted octanol–water partition coefficient (Wildman–Crippen LogP) is 3.12. The molecule has 0 spiro atoms. The Balaban J connectivity index is 1.66. The molecule has 1 aliphatic rings. The zero-order valence-corrected chi connectivity index (χ0v) is 17.0. The Morgan fingerprint density at radius 1 is 1.14 bits per heavy atom. The fraction of sp³-hybridized carbons (Fsp3) is 0.286. The number of nitrogens with zero attached hydrogens (tertiary/aromatic N) is 3. The molecule has 4 rings (SSSR count). The van der Waals surface area contributed by atoms with Crippen molar-refractivity contribution in [3.8, 4) is 0 Å². The van der Waals surface area contributed by atoms with Gasteiger partial charge in [-0.25, -0.2) is 12.8 Å². The third-order valence-electron chi connectivity index (χ3n) is 5.31. The van der Waals surface area contributed by atoms with Crippen LogP contribution in [0.25, 0.3) is 0 Å². The average Bonchev–Trinajstić information content (AvgIpc) is 3.24. The van der Waals surface area contributed by atoms with Gasteiger partial charge >= 0.3 is 0 Å². The van der Waals surface area contributed by atoms with Gasteiger partial charge < -0.3 is 5.11 Å². The number of sulfonamides is 1. The Bertz CT molecular complexity index is 1160. The number of hydrogen-bond acceptors (Lipinski definition) is 4. The summed E-state index contributed by atoms with van der Waals surface area (Å²) in [6, 6.07) is 13.0. The molecule has 0 aliphatic carbocycles. The molecule has 3 aromatic rings. The number of aromatic nitrogens is 2. The minimum atomic E-state index is -3.78. The topological polar surface area (TPSA) is 75.4 Å². The Morgan fingerprint density at radius 3 is 2.55 bits per heavy atom. The van der Waals surface area contributed by atoms with Crippen molar-refractivity contribution in [1.82, 2.24) is 9.78 Å². The van der Waals surface area contributed by atoms with Crippen LogP contribution in [0.5, 0.6) is 0 Å². The molecule has 1 atom stereocenters. The number of fused-ring (bicyclic) bond motifs is 1. The van der Waals surface area contributed by atoms with Gasteiger partial charge in [0.15, 0.2) is 0 Å². The van der Waals surface area contributed by atoms with Crippen LogP contribution >= 0.6 is 0 Å². The molecule has 1 N–H and O–H groups in total. The van der Waals surface area contributed by atoms with Gasteiger partial charge in [0.1, 0.15) is 10.7 Å². The highest BCUT2D eigenvalue weighted by Gasteiger charge is 2.35. The van der Waals surface area contributed by atoms with E-state index in [2.05, 4.69) is 5.10 Å². The van der Waals surface area contributed by atoms with Crippen LogP contribution in [0.3, 0.4) is 0 Å². The van der Waals surface area contributed by atoms with E-state index in [4.69, 9.17) is 0 Å². The second-order valence-corrected chi connectivity index (χ2v) is 9.00. The zero-order chi connectivity index (χ0) is 20.8. The number of rotatable bonds is 5. The van der Waals surface area contributed by atoms with Crippen LogP contribution in [-0.2, 0) is 23.0 Å². The van der Waals surface area contributed by atoms with Crippen LogP contribution in [0.15, 0.2) is 53.4 Å². The fourth-order valence-corrected chi connectivity index (χ4v) is 5.74. The molecular formula is C21H22FN3O3S. The molecule has 0 bridgehead atoms. The van der Waals surface area contributed by atoms with Gasteiger partial charge in [0, 0.05) is 6.54 Å². The number of benzene rings is 2. The molecule has 0 saturated heterocycles. The molecule has 0 unspecified atom stereocenters. The van der Waals surface area contributed by atoms with Crippen molar-refractivity contribution < 1.29 is 17.9 Å². The highest BCUT2D eigenvalue weighted by atomic mass is 32.2. The molecule has 0 radical (unpaired) electrons. The molecular weight excluding hydrogens is 393 g/mol. The summed E-state index contributed by atoms with van der Waals surface area (Å²) in [7, 11) is -3.78. The molecule has 2 heterocycles. The number of aliphatic hydroxyl groups is 1. The number of para-hydroxylation sites is 1. The van der Waals surface area contributed by atoms with Gasteiger partial charge in [-0.15, -0.1) is 0 Å². The van der Waals surface area contributed by atoms with Crippen molar-refractivity contribution >= 4 is 15.7 Å². The van der Waals surface area contributed by atoms with Crippen molar-refractivity contribution in [2.45, 2.75) is 37.8 Å². The molecule has 0 saturated carbocycles. The molecule has 152 valence electrons. The summed E-state index contributed by atoms with van der Waals surface area (Å²) in [5.74, 6) is -0.383. The van der Waals surface area contributed by atoms with E-state index in [9.17, 15) is 17.9 Å². The minimum Gasteiger partial charge on any atom is -0.386 e. The maximum Gasteiger partial charge on any atom is 0.268 e. The van der Waals surface area contributed by atoms with Gasteiger partial charge in [0.25, 0.3) is 10.0 Å². The Hall–Kier alpha value is -2.71. The van der Waals surface area contributed by atoms with Crippen LogP contribution in [-0.4, -0.2) is 29.8 Å². The second-order valence-electron chi connectivity index (χ2n) is 7.21. The number of hydrogen-bond donors (Lipinski definition) is 1. The van der Waals surface area contributed by atoms with Crippen LogP contribution in [0, 0.1) is 19.7 Å². The Labute approximate surface area is 169 Å². The first-order valence-corrected chi connectivity index (χ1v) is 10.8. The molecule has 0 amide bonds. The standard InChI is InChI=1S/C21H22FN3O3S/c1-14-21(29(27,28)25-12-11-16-5-3-4-6-19(16)25)15(2)24(23-14)13-20(26)17-7-9-18(22)10-8-17/h3-10,20,26H,11-13H2,1-2H3/t20-/m0/s1. The maximum absolute atomic E-state index is 13.4. The van der Waals surface area contributed by atoms with E-state index in [1.165, 1.54) is 33.3 Å². The lowest BCUT2D eigenvalue weighted by Gasteiger charge is -2.20. The molecule has 6 nitrogen and oxygen atoms in total. The average molecular weight is 415 g/mol. The van der Waals surface area contributed by atoms with Crippen LogP contribution in [0.1, 0.15) is 28.6 Å². The number of aliphatic hydroxyl groups excluding tert-OH is 1. The molecule has 29 heavy (non-hydrogen) atoms. The van der Waals surface area contributed by atoms with Gasteiger partial charge in [-0.1, -0.05) is 30.3 Å². The van der Waals surface area contributed by atoms with E-state index < -0.39 is 16.1 Å². The highest BCUT2D eigenvalue weighted by Crippen LogP contribution is 2.34. The van der Waals surface area contributed by atoms with E-state index >= 15 is 0 Å². The first-order valence-electron chi connectivity index (χ1n) is 9.37. The third kappa shape index (κ3) is 3.42. The fourth-order valence-electron chi connectivity index (χ4n) is 3.85. The van der Waals surface area contributed by atoms with Gasteiger partial charge in [0.2, 0.25) is 0 Å². The van der Waals surface area contributed by atoms with Crippen molar-refractivity contribution in [1.29, 1.82) is 0 Å². The maximum atomic E-state index is 13.4. The lowest BCUT2D eigenvalue weighted by molar-refractivity contribution is 0.150. The van der Waals surface area contributed by atoms with Crippen LogP contribution in [0.4, 0.5) is 10.1 Å². The summed E-state index contributed by atoms with van der Waals surface area (Å²) in [6.07, 6.45) is -0.262. The van der Waals surface area contributed by atoms with Gasteiger partial charge in [-0.3, -0.25) is 8.99 Å². The quantitative estimate of drug-likeness (QED) is 0.695. The Kier molecular flexibility index (Phi) is 4.92. The summed E-state index contributed by atoms with van der Waals surface area (Å²) in [5, 5.41) is 14.9. The monoisotopic (exact) mass is 415 g/mol. The zero-order valence-electron chi connectivity index (χ0n) is 16.2. The smallest absolute Gasteiger partial charge is 0.268 e. The lowest BCUT2D eigenvalue weighted by atomic mass is 10.1. The SMILES string of the molecule is Cc1nn(C[C@H](O)c2ccc(F)cc2)c(C)c1S(=O)(=O)N1CCc2ccccc21. The minimum absolute atomic E-state index is 0.0738. The van der Waals surface area contributed by atoms with E-state index in [1.807, 2.05) is 24.3 Å². The summed E-state index contributed by atoms with van der Waals surface area (Å²) < 4.78 is 42.9. The van der Waals surface area contributed by atoms with Crippen LogP contribution < -0.4 is 4.31 Å². The largest absolute Gasteiger partial charge is 0.386 e. The summed E-state index contributed by atoms with van der Waals surface area (Å²) in [4.78, 5) is 0.167. The van der Waals surface area contributed by atoms with Crippen LogP contribution in [0.2, 0.25) is 0 Å². The summed E-state index contributed by atoms with van der Waals surface area (Å²) in [6.45, 7) is 3.81. The van der Waals surface area contributed by atoms with Gasteiger partial charge in [-0.05, 0) is 49.6 Å². The Morgan fingerprint density at radius 2 is 1.83 bits per heavy atom. The normalized spacial score (nSPS) is 14.8. The molecule has 0 fully saturated rings. The van der Waals surface area contributed by atoms with Gasteiger partial charge in [-0.2, -0.15) is 5.10 Å². The molecule has 1 aromatic heterocycles. The molecule has 1 aliphatic heterocycles. The number of halogens is 1. The highest BCUT2D eigenvalue weighted by molar-refractivity contribution is 7.93. The van der Waals surface area contributed by atoms with Gasteiger partial charge in [0.05, 0.1) is 29.7 Å². The molecule has 2 aromatic carbocycles. The third-order valence-corrected chi connectivity index (χ3v) is 7.37. The second kappa shape index (κ2) is 7.27. The van der Waals surface area contributed by atoms with Crippen molar-refractivity contribution in [3.63, 3.8) is 0 Å². The van der Waals surface area contributed by atoms with E-state index in [-0.39, 0.29) is 17.3 Å². The van der Waals surface area contributed by atoms with E-state index in [0.717, 1.165) is 5.56 Å². The number of anilines is 1. The van der Waals surface area contributed by atoms with Crippen molar-refractivity contribution in [2.75, 3.05) is 10.8 Å². The molecule has 8 heteroatoms. The number of aryl methyl sites for hydroxylation is 1. The first kappa shape index (κ1) is 19.6. The van der Waals surface area contributed by atoms with Crippen molar-refractivity contribution in [2.24, 2.45) is 0 Å². The summed E-state index contributed by atoms with van der Waals surface area (Å²) >= 11 is 0.